The number of aromatic nitrogens is 6. The van der Waals surface area contributed by atoms with Crippen LogP contribution in [-0.4, -0.2) is 34.8 Å². The molecule has 0 radical (unpaired) electrons. The molecule has 0 spiro atoms. The van der Waals surface area contributed by atoms with Gasteiger partial charge >= 0.3 is 11.7 Å². The number of anilines is 1. The van der Waals surface area contributed by atoms with Crippen LogP contribution in [0.2, 0.25) is 0 Å². The van der Waals surface area contributed by atoms with Crippen molar-refractivity contribution in [2.24, 2.45) is 14.1 Å². The molecule has 1 amide bonds. The fourth-order valence-electron chi connectivity index (χ4n) is 3.18. The largest absolute Gasteiger partial charge is 0.403 e. The summed E-state index contributed by atoms with van der Waals surface area (Å²) in [5.41, 5.74) is 2.12. The minimum atomic E-state index is -0.534. The second-order valence-electron chi connectivity index (χ2n) is 7.03. The molecule has 11 heteroatoms. The first kappa shape index (κ1) is 19.3. The maximum absolute atomic E-state index is 12.5. The highest BCUT2D eigenvalue weighted by Crippen LogP contribution is 2.24. The van der Waals surface area contributed by atoms with Gasteiger partial charge in [0, 0.05) is 19.7 Å². The van der Waals surface area contributed by atoms with Gasteiger partial charge in [-0.3, -0.25) is 24.0 Å². The molecule has 4 aromatic rings. The summed E-state index contributed by atoms with van der Waals surface area (Å²) in [6.07, 6.45) is 1.33. The molecule has 0 aliphatic rings. The molecule has 30 heavy (non-hydrogen) atoms. The van der Waals surface area contributed by atoms with Gasteiger partial charge in [-0.15, -0.1) is 5.10 Å². The number of nitrogens with one attached hydrogen (secondary N) is 1. The molecule has 0 saturated carbocycles. The third kappa shape index (κ3) is 3.19. The van der Waals surface area contributed by atoms with Gasteiger partial charge in [0.2, 0.25) is 11.8 Å². The number of benzene rings is 1. The normalized spacial score (nSPS) is 11.2. The molecule has 0 fully saturated rings. The van der Waals surface area contributed by atoms with Crippen LogP contribution in [0.15, 0.2) is 38.5 Å². The summed E-state index contributed by atoms with van der Waals surface area (Å²) in [5.74, 6) is -0.190. The third-order valence-corrected chi connectivity index (χ3v) is 4.83. The van der Waals surface area contributed by atoms with Crippen molar-refractivity contribution in [1.82, 2.24) is 28.9 Å². The van der Waals surface area contributed by atoms with Gasteiger partial charge in [0.1, 0.15) is 6.54 Å². The number of imidazole rings is 1. The minimum absolute atomic E-state index is 0.0550. The van der Waals surface area contributed by atoms with E-state index < -0.39 is 17.2 Å². The van der Waals surface area contributed by atoms with Crippen molar-refractivity contribution < 1.29 is 9.21 Å². The zero-order valence-electron chi connectivity index (χ0n) is 16.8. The van der Waals surface area contributed by atoms with Gasteiger partial charge in [0.05, 0.1) is 6.33 Å². The molecule has 3 heterocycles. The standard InChI is InChI=1S/C19H19N7O4/c1-10-5-6-11(2)12(7-10)16-22-23-18(30-16)21-13(27)8-26-9-20-15-14(26)17(28)25(4)19(29)24(15)3/h5-7,9H,8H2,1-4H3,(H,21,23,27). The van der Waals surface area contributed by atoms with E-state index in [0.29, 0.717) is 5.89 Å². The van der Waals surface area contributed by atoms with Crippen molar-refractivity contribution >= 4 is 23.1 Å². The molecule has 0 bridgehead atoms. The predicted molar refractivity (Wildman–Crippen MR) is 108 cm³/mol. The van der Waals surface area contributed by atoms with Crippen molar-refractivity contribution in [3.05, 3.63) is 56.5 Å². The fourth-order valence-corrected chi connectivity index (χ4v) is 3.18. The Bertz CT molecular complexity index is 1410. The van der Waals surface area contributed by atoms with Crippen LogP contribution in [0, 0.1) is 13.8 Å². The lowest BCUT2D eigenvalue weighted by atomic mass is 10.1. The van der Waals surface area contributed by atoms with E-state index in [-0.39, 0.29) is 23.7 Å². The van der Waals surface area contributed by atoms with Crippen LogP contribution in [-0.2, 0) is 25.4 Å². The van der Waals surface area contributed by atoms with Gasteiger partial charge in [-0.25, -0.2) is 9.78 Å². The van der Waals surface area contributed by atoms with Crippen LogP contribution in [0.1, 0.15) is 11.1 Å². The van der Waals surface area contributed by atoms with Gasteiger partial charge in [-0.2, -0.15) is 0 Å². The summed E-state index contributed by atoms with van der Waals surface area (Å²) < 4.78 is 9.15. The molecular formula is C19H19N7O4. The molecule has 3 aromatic heterocycles. The molecule has 4 rings (SSSR count). The monoisotopic (exact) mass is 409 g/mol. The van der Waals surface area contributed by atoms with E-state index in [1.165, 1.54) is 29.6 Å². The Morgan fingerprint density at radius 3 is 2.67 bits per heavy atom. The molecule has 0 aliphatic carbocycles. The molecule has 0 atom stereocenters. The number of aryl methyl sites for hydroxylation is 3. The first-order valence-corrected chi connectivity index (χ1v) is 9.08. The van der Waals surface area contributed by atoms with Crippen LogP contribution in [0.5, 0.6) is 0 Å². The Hall–Kier alpha value is -4.02. The number of carbonyl (C=O) groups is 1. The van der Waals surface area contributed by atoms with Crippen LogP contribution in [0.25, 0.3) is 22.6 Å². The molecule has 1 N–H and O–H groups in total. The van der Waals surface area contributed by atoms with Gasteiger partial charge in [0.15, 0.2) is 11.2 Å². The number of nitrogens with zero attached hydrogens (tertiary/aromatic N) is 6. The van der Waals surface area contributed by atoms with E-state index in [1.54, 1.807) is 0 Å². The van der Waals surface area contributed by atoms with E-state index in [4.69, 9.17) is 4.42 Å². The minimum Gasteiger partial charge on any atom is -0.403 e. The number of amides is 1. The zero-order chi connectivity index (χ0) is 21.6. The average Bonchev–Trinajstić information content (AvgIpc) is 3.34. The first-order valence-electron chi connectivity index (χ1n) is 9.08. The van der Waals surface area contributed by atoms with E-state index >= 15 is 0 Å². The highest BCUT2D eigenvalue weighted by atomic mass is 16.4. The lowest BCUT2D eigenvalue weighted by Gasteiger charge is -2.06. The third-order valence-electron chi connectivity index (χ3n) is 4.83. The molecule has 154 valence electrons. The predicted octanol–water partition coefficient (Wildman–Crippen LogP) is 0.739. The lowest BCUT2D eigenvalue weighted by Crippen LogP contribution is -2.37. The Balaban J connectivity index is 1.58. The van der Waals surface area contributed by atoms with Gasteiger partial charge in [0.25, 0.3) is 5.56 Å². The van der Waals surface area contributed by atoms with Crippen LogP contribution < -0.4 is 16.6 Å². The number of fused-ring (bicyclic) bond motifs is 1. The maximum Gasteiger partial charge on any atom is 0.332 e. The maximum atomic E-state index is 12.5. The number of hydrogen-bond donors (Lipinski definition) is 1. The Kier molecular flexibility index (Phi) is 4.57. The summed E-state index contributed by atoms with van der Waals surface area (Å²) >= 11 is 0. The van der Waals surface area contributed by atoms with Crippen molar-refractivity contribution in [2.45, 2.75) is 20.4 Å². The van der Waals surface area contributed by atoms with Gasteiger partial charge < -0.3 is 8.98 Å². The lowest BCUT2D eigenvalue weighted by molar-refractivity contribution is -0.116. The molecule has 11 nitrogen and oxygen atoms in total. The van der Waals surface area contributed by atoms with E-state index in [1.807, 2.05) is 32.0 Å². The van der Waals surface area contributed by atoms with Crippen molar-refractivity contribution in [3.63, 3.8) is 0 Å². The summed E-state index contributed by atoms with van der Waals surface area (Å²) in [5, 5.41) is 10.4. The van der Waals surface area contributed by atoms with Crippen LogP contribution >= 0.6 is 0 Å². The molecular weight excluding hydrogens is 390 g/mol. The van der Waals surface area contributed by atoms with Crippen molar-refractivity contribution in [2.75, 3.05) is 5.32 Å². The molecule has 0 aliphatic heterocycles. The summed E-state index contributed by atoms with van der Waals surface area (Å²) in [7, 11) is 2.88. The van der Waals surface area contributed by atoms with E-state index in [9.17, 15) is 14.4 Å². The number of rotatable bonds is 4. The highest BCUT2D eigenvalue weighted by molar-refractivity contribution is 5.89. The smallest absolute Gasteiger partial charge is 0.332 e. The highest BCUT2D eigenvalue weighted by Gasteiger charge is 2.18. The molecule has 1 aromatic carbocycles. The first-order chi connectivity index (χ1) is 14.3. The van der Waals surface area contributed by atoms with E-state index in [2.05, 4.69) is 20.5 Å². The summed E-state index contributed by atoms with van der Waals surface area (Å²) in [4.78, 5) is 41.0. The van der Waals surface area contributed by atoms with E-state index in [0.717, 1.165) is 21.3 Å². The quantitative estimate of drug-likeness (QED) is 0.526. The summed E-state index contributed by atoms with van der Waals surface area (Å²) in [6, 6.07) is 5.80. The van der Waals surface area contributed by atoms with Crippen LogP contribution in [0.3, 0.4) is 0 Å². The SMILES string of the molecule is Cc1ccc(C)c(-c2nnc(NC(=O)Cn3cnc4c3c(=O)n(C)c(=O)n4C)o2)c1. The summed E-state index contributed by atoms with van der Waals surface area (Å²) in [6.45, 7) is 3.66. The van der Waals surface area contributed by atoms with Crippen LogP contribution in [0.4, 0.5) is 6.01 Å². The van der Waals surface area contributed by atoms with Gasteiger partial charge in [-0.05, 0) is 25.5 Å². The van der Waals surface area contributed by atoms with Crippen molar-refractivity contribution in [1.29, 1.82) is 0 Å². The Morgan fingerprint density at radius 2 is 1.90 bits per heavy atom. The Labute approximate surface area is 169 Å². The molecule has 0 unspecified atom stereocenters. The fraction of sp³-hybridized carbons (Fsp3) is 0.263. The zero-order valence-corrected chi connectivity index (χ0v) is 16.8. The number of hydrogen-bond acceptors (Lipinski definition) is 7. The number of carbonyl (C=O) groups excluding carboxylic acids is 1. The topological polar surface area (TPSA) is 130 Å². The average molecular weight is 409 g/mol. The molecule has 0 saturated heterocycles. The Morgan fingerprint density at radius 1 is 1.13 bits per heavy atom. The van der Waals surface area contributed by atoms with Gasteiger partial charge in [-0.1, -0.05) is 22.8 Å². The second kappa shape index (κ2) is 7.10. The second-order valence-corrected chi connectivity index (χ2v) is 7.03. The van der Waals surface area contributed by atoms with Crippen molar-refractivity contribution in [3.8, 4) is 11.5 Å².